The molecule has 130 valence electrons. The summed E-state index contributed by atoms with van der Waals surface area (Å²) < 4.78 is 32.3. The van der Waals surface area contributed by atoms with Crippen molar-refractivity contribution in [2.75, 3.05) is 25.0 Å². The normalized spacial score (nSPS) is 10.7. The second-order valence-corrected chi connectivity index (χ2v) is 6.72. The van der Waals surface area contributed by atoms with Crippen LogP contribution in [-0.2, 0) is 14.8 Å². The van der Waals surface area contributed by atoms with Crippen LogP contribution in [0.4, 0.5) is 5.69 Å². The number of amides is 1. The van der Waals surface area contributed by atoms with E-state index in [-0.39, 0.29) is 21.7 Å². The molecule has 2 N–H and O–H groups in total. The molecule has 0 aliphatic rings. The SMILES string of the molecule is COCCNC(=O)c1cccc(S(=O)(=O)Nc2ccccc2C#N)c1. The number of benzene rings is 2. The van der Waals surface area contributed by atoms with Crippen molar-refractivity contribution in [3.8, 4) is 6.07 Å². The molecule has 2 aromatic rings. The fourth-order valence-electron chi connectivity index (χ4n) is 2.05. The van der Waals surface area contributed by atoms with Gasteiger partial charge in [-0.2, -0.15) is 5.26 Å². The van der Waals surface area contributed by atoms with Crippen molar-refractivity contribution >= 4 is 21.6 Å². The van der Waals surface area contributed by atoms with E-state index in [2.05, 4.69) is 10.0 Å². The van der Waals surface area contributed by atoms with Gasteiger partial charge in [0.1, 0.15) is 6.07 Å². The number of nitrogens with one attached hydrogen (secondary N) is 2. The number of para-hydroxylation sites is 1. The van der Waals surface area contributed by atoms with E-state index in [4.69, 9.17) is 10.00 Å². The zero-order valence-electron chi connectivity index (χ0n) is 13.5. The van der Waals surface area contributed by atoms with E-state index in [1.165, 1.54) is 43.5 Å². The van der Waals surface area contributed by atoms with Gasteiger partial charge in [0.25, 0.3) is 15.9 Å². The first-order chi connectivity index (χ1) is 12.0. The fraction of sp³-hybridized carbons (Fsp3) is 0.176. The lowest BCUT2D eigenvalue weighted by Gasteiger charge is -2.10. The third kappa shape index (κ3) is 4.79. The molecule has 7 nitrogen and oxygen atoms in total. The van der Waals surface area contributed by atoms with Crippen molar-refractivity contribution in [3.63, 3.8) is 0 Å². The smallest absolute Gasteiger partial charge is 0.261 e. The Hall–Kier alpha value is -2.89. The van der Waals surface area contributed by atoms with Gasteiger partial charge in [-0.05, 0) is 30.3 Å². The molecule has 0 fully saturated rings. The standard InChI is InChI=1S/C17H17N3O4S/c1-24-10-9-19-17(21)13-6-4-7-15(11-13)25(22,23)20-16-8-3-2-5-14(16)12-18/h2-8,11,20H,9-10H2,1H3,(H,19,21). The molecule has 2 rings (SSSR count). The Morgan fingerprint density at radius 1 is 1.20 bits per heavy atom. The minimum Gasteiger partial charge on any atom is -0.383 e. The van der Waals surface area contributed by atoms with Gasteiger partial charge in [-0.3, -0.25) is 9.52 Å². The predicted octanol–water partition coefficient (Wildman–Crippen LogP) is 1.74. The first kappa shape index (κ1) is 18.4. The molecule has 0 aliphatic heterocycles. The number of methoxy groups -OCH3 is 1. The molecule has 0 aliphatic carbocycles. The molecule has 8 heteroatoms. The second kappa shape index (κ2) is 8.28. The molecule has 0 spiro atoms. The average Bonchev–Trinajstić information content (AvgIpc) is 2.62. The summed E-state index contributed by atoms with van der Waals surface area (Å²) in [5.41, 5.74) is 0.604. The number of ether oxygens (including phenoxy) is 1. The lowest BCUT2D eigenvalue weighted by Crippen LogP contribution is -2.27. The minimum atomic E-state index is -3.93. The fourth-order valence-corrected chi connectivity index (χ4v) is 3.17. The molecule has 0 saturated heterocycles. The van der Waals surface area contributed by atoms with Gasteiger partial charge < -0.3 is 10.1 Å². The van der Waals surface area contributed by atoms with E-state index in [1.54, 1.807) is 12.1 Å². The molecule has 0 atom stereocenters. The van der Waals surface area contributed by atoms with Crippen LogP contribution in [0.15, 0.2) is 53.4 Å². The Morgan fingerprint density at radius 3 is 2.68 bits per heavy atom. The first-order valence-corrected chi connectivity index (χ1v) is 8.85. The van der Waals surface area contributed by atoms with Crippen molar-refractivity contribution in [3.05, 3.63) is 59.7 Å². The van der Waals surface area contributed by atoms with Gasteiger partial charge in [0.05, 0.1) is 22.8 Å². The molecular weight excluding hydrogens is 342 g/mol. The van der Waals surface area contributed by atoms with Crippen molar-refractivity contribution < 1.29 is 17.9 Å². The summed E-state index contributed by atoms with van der Waals surface area (Å²) in [5.74, 6) is -0.397. The molecule has 0 radical (unpaired) electrons. The molecule has 0 saturated carbocycles. The Bertz CT molecular complexity index is 904. The molecular formula is C17H17N3O4S. The number of nitriles is 1. The van der Waals surface area contributed by atoms with Gasteiger partial charge >= 0.3 is 0 Å². The number of carbonyl (C=O) groups excluding carboxylic acids is 1. The lowest BCUT2D eigenvalue weighted by molar-refractivity contribution is 0.0937. The highest BCUT2D eigenvalue weighted by Crippen LogP contribution is 2.20. The number of hydrogen-bond acceptors (Lipinski definition) is 5. The third-order valence-electron chi connectivity index (χ3n) is 3.29. The van der Waals surface area contributed by atoms with E-state index >= 15 is 0 Å². The maximum absolute atomic E-state index is 12.5. The van der Waals surface area contributed by atoms with Crippen LogP contribution in [0.2, 0.25) is 0 Å². The highest BCUT2D eigenvalue weighted by molar-refractivity contribution is 7.92. The van der Waals surface area contributed by atoms with Crippen LogP contribution in [0.5, 0.6) is 0 Å². The van der Waals surface area contributed by atoms with Crippen molar-refractivity contribution in [1.82, 2.24) is 5.32 Å². The topological polar surface area (TPSA) is 108 Å². The zero-order chi connectivity index (χ0) is 18.3. The Balaban J connectivity index is 2.24. The molecule has 0 bridgehead atoms. The van der Waals surface area contributed by atoms with E-state index in [1.807, 2.05) is 6.07 Å². The van der Waals surface area contributed by atoms with Crippen LogP contribution in [-0.4, -0.2) is 34.6 Å². The van der Waals surface area contributed by atoms with Crippen molar-refractivity contribution in [1.29, 1.82) is 5.26 Å². The molecule has 0 aromatic heterocycles. The third-order valence-corrected chi connectivity index (χ3v) is 4.65. The summed E-state index contributed by atoms with van der Waals surface area (Å²) in [7, 11) is -2.41. The first-order valence-electron chi connectivity index (χ1n) is 7.37. The highest BCUT2D eigenvalue weighted by atomic mass is 32.2. The number of nitrogens with zero attached hydrogens (tertiary/aromatic N) is 1. The quantitative estimate of drug-likeness (QED) is 0.732. The molecule has 0 unspecified atom stereocenters. The Morgan fingerprint density at radius 2 is 1.96 bits per heavy atom. The van der Waals surface area contributed by atoms with E-state index in [0.29, 0.717) is 13.2 Å². The number of sulfonamides is 1. The minimum absolute atomic E-state index is 0.0698. The number of rotatable bonds is 7. The predicted molar refractivity (Wildman–Crippen MR) is 92.6 cm³/mol. The molecule has 1 amide bonds. The maximum atomic E-state index is 12.5. The van der Waals surface area contributed by atoms with Crippen LogP contribution in [0.3, 0.4) is 0 Å². The van der Waals surface area contributed by atoms with Crippen LogP contribution >= 0.6 is 0 Å². The monoisotopic (exact) mass is 359 g/mol. The van der Waals surface area contributed by atoms with Crippen molar-refractivity contribution in [2.45, 2.75) is 4.90 Å². The largest absolute Gasteiger partial charge is 0.383 e. The van der Waals surface area contributed by atoms with E-state index in [0.717, 1.165) is 0 Å². The molecule has 2 aromatic carbocycles. The van der Waals surface area contributed by atoms with Gasteiger partial charge in [0.15, 0.2) is 0 Å². The van der Waals surface area contributed by atoms with Crippen LogP contribution in [0.25, 0.3) is 0 Å². The van der Waals surface area contributed by atoms with E-state index < -0.39 is 15.9 Å². The summed E-state index contributed by atoms with van der Waals surface area (Å²) in [5, 5.41) is 11.7. The Labute approximate surface area is 146 Å². The Kier molecular flexibility index (Phi) is 6.11. The van der Waals surface area contributed by atoms with Gasteiger partial charge in [-0.25, -0.2) is 8.42 Å². The summed E-state index contributed by atoms with van der Waals surface area (Å²) in [6.07, 6.45) is 0. The van der Waals surface area contributed by atoms with E-state index in [9.17, 15) is 13.2 Å². The summed E-state index contributed by atoms with van der Waals surface area (Å²) >= 11 is 0. The molecule has 25 heavy (non-hydrogen) atoms. The second-order valence-electron chi connectivity index (χ2n) is 5.04. The van der Waals surface area contributed by atoms with Gasteiger partial charge in [-0.15, -0.1) is 0 Å². The number of anilines is 1. The number of carbonyl (C=O) groups is 1. The van der Waals surface area contributed by atoms with Crippen LogP contribution in [0, 0.1) is 11.3 Å². The lowest BCUT2D eigenvalue weighted by atomic mass is 10.2. The van der Waals surface area contributed by atoms with Crippen molar-refractivity contribution in [2.24, 2.45) is 0 Å². The maximum Gasteiger partial charge on any atom is 0.261 e. The summed E-state index contributed by atoms with van der Waals surface area (Å²) in [6.45, 7) is 0.677. The van der Waals surface area contributed by atoms with Crippen LogP contribution < -0.4 is 10.0 Å². The average molecular weight is 359 g/mol. The highest BCUT2D eigenvalue weighted by Gasteiger charge is 2.17. The summed E-state index contributed by atoms with van der Waals surface area (Å²) in [4.78, 5) is 12.0. The zero-order valence-corrected chi connectivity index (χ0v) is 14.3. The van der Waals surface area contributed by atoms with Gasteiger partial charge in [0.2, 0.25) is 0 Å². The van der Waals surface area contributed by atoms with Crippen LogP contribution in [0.1, 0.15) is 15.9 Å². The van der Waals surface area contributed by atoms with Gasteiger partial charge in [-0.1, -0.05) is 18.2 Å². The molecule has 0 heterocycles. The van der Waals surface area contributed by atoms with Gasteiger partial charge in [0, 0.05) is 19.2 Å². The number of hydrogen-bond donors (Lipinski definition) is 2. The summed E-state index contributed by atoms with van der Waals surface area (Å²) in [6, 6.07) is 13.9.